The van der Waals surface area contributed by atoms with Crippen LogP contribution >= 0.6 is 0 Å². The van der Waals surface area contributed by atoms with Gasteiger partial charge in [0, 0.05) is 17.5 Å². The number of aryl methyl sites for hydroxylation is 2. The van der Waals surface area contributed by atoms with Gasteiger partial charge in [-0.25, -0.2) is 4.79 Å². The molecule has 0 aliphatic carbocycles. The highest BCUT2D eigenvalue weighted by atomic mass is 16.5. The molecule has 0 bridgehead atoms. The molecule has 0 spiro atoms. The van der Waals surface area contributed by atoms with E-state index >= 15 is 0 Å². The van der Waals surface area contributed by atoms with Crippen LogP contribution in [0.1, 0.15) is 55.8 Å². The molecule has 6 nitrogen and oxygen atoms in total. The number of hydrogen-bond acceptors (Lipinski definition) is 4. The fraction of sp³-hybridized carbons (Fsp3) is 0.333. The zero-order valence-electron chi connectivity index (χ0n) is 13.8. The Morgan fingerprint density at radius 2 is 1.96 bits per heavy atom. The van der Waals surface area contributed by atoms with Crippen molar-refractivity contribution >= 4 is 11.9 Å². The Kier molecular flexibility index (Phi) is 4.05. The van der Waals surface area contributed by atoms with Gasteiger partial charge in [-0.15, -0.1) is 0 Å². The van der Waals surface area contributed by atoms with Gasteiger partial charge < -0.3 is 19.6 Å². The quantitative estimate of drug-likeness (QED) is 0.903. The van der Waals surface area contributed by atoms with Crippen LogP contribution in [-0.2, 0) is 0 Å². The van der Waals surface area contributed by atoms with Crippen LogP contribution in [0, 0.1) is 20.8 Å². The topological polar surface area (TPSA) is 88.8 Å². The van der Waals surface area contributed by atoms with E-state index in [1.165, 1.54) is 6.07 Å². The molecule has 0 saturated carbocycles. The Morgan fingerprint density at radius 1 is 1.21 bits per heavy atom. The standard InChI is InChI=1S/C18H19NO5/c1-9-4-5-12-13(6-7-23-16(12)11(9)3)19-17(20)14-8-10(2)15(24-14)18(21)22/h4-5,8,13H,6-7H2,1-3H3,(H,19,20)(H,21,22)/t13-/m0/s1. The van der Waals surface area contributed by atoms with Gasteiger partial charge in [0.2, 0.25) is 5.76 Å². The number of carbonyl (C=O) groups is 2. The number of fused-ring (bicyclic) bond motifs is 1. The molecule has 1 atom stereocenters. The minimum atomic E-state index is -1.19. The number of hydrogen-bond donors (Lipinski definition) is 2. The maximum Gasteiger partial charge on any atom is 0.372 e. The molecule has 6 heteroatoms. The van der Waals surface area contributed by atoms with Crippen LogP contribution in [0.15, 0.2) is 22.6 Å². The molecule has 2 N–H and O–H groups in total. The second-order valence-corrected chi connectivity index (χ2v) is 6.02. The largest absolute Gasteiger partial charge is 0.493 e. The SMILES string of the molecule is Cc1cc(C(=O)N[C@H]2CCOc3c2ccc(C)c3C)oc1C(=O)O. The average Bonchev–Trinajstić information content (AvgIpc) is 2.94. The zero-order chi connectivity index (χ0) is 17.4. The second kappa shape index (κ2) is 6.03. The summed E-state index contributed by atoms with van der Waals surface area (Å²) in [4.78, 5) is 23.5. The van der Waals surface area contributed by atoms with Gasteiger partial charge in [-0.2, -0.15) is 0 Å². The Bertz CT molecular complexity index is 821. The summed E-state index contributed by atoms with van der Waals surface area (Å²) in [5.41, 5.74) is 3.55. The highest BCUT2D eigenvalue weighted by molar-refractivity contribution is 5.94. The Morgan fingerprint density at radius 3 is 2.62 bits per heavy atom. The van der Waals surface area contributed by atoms with E-state index in [0.29, 0.717) is 18.6 Å². The number of aromatic carboxylic acids is 1. The number of nitrogens with one attached hydrogen (secondary N) is 1. The summed E-state index contributed by atoms with van der Waals surface area (Å²) in [5, 5.41) is 11.9. The molecule has 1 aliphatic heterocycles. The minimum absolute atomic E-state index is 0.00164. The summed E-state index contributed by atoms with van der Waals surface area (Å²) in [6, 6.07) is 5.21. The molecule has 1 aromatic heterocycles. The second-order valence-electron chi connectivity index (χ2n) is 6.02. The molecule has 1 aromatic carbocycles. The van der Waals surface area contributed by atoms with Gasteiger partial charge in [-0.05, 0) is 38.0 Å². The number of benzene rings is 1. The molecular formula is C18H19NO5. The van der Waals surface area contributed by atoms with Gasteiger partial charge >= 0.3 is 5.97 Å². The lowest BCUT2D eigenvalue weighted by molar-refractivity contribution is 0.0658. The van der Waals surface area contributed by atoms with Crippen molar-refractivity contribution in [2.24, 2.45) is 0 Å². The van der Waals surface area contributed by atoms with Crippen molar-refractivity contribution in [2.45, 2.75) is 33.2 Å². The van der Waals surface area contributed by atoms with E-state index in [1.54, 1.807) is 6.92 Å². The Balaban J connectivity index is 1.85. The van der Waals surface area contributed by atoms with Crippen LogP contribution in [0.5, 0.6) is 5.75 Å². The van der Waals surface area contributed by atoms with Crippen LogP contribution in [0.2, 0.25) is 0 Å². The van der Waals surface area contributed by atoms with E-state index < -0.39 is 11.9 Å². The lowest BCUT2D eigenvalue weighted by Gasteiger charge is -2.28. The molecular weight excluding hydrogens is 310 g/mol. The van der Waals surface area contributed by atoms with Crippen molar-refractivity contribution in [3.8, 4) is 5.75 Å². The molecule has 24 heavy (non-hydrogen) atoms. The van der Waals surface area contributed by atoms with E-state index in [9.17, 15) is 9.59 Å². The van der Waals surface area contributed by atoms with Crippen LogP contribution in [0.25, 0.3) is 0 Å². The minimum Gasteiger partial charge on any atom is -0.493 e. The fourth-order valence-corrected chi connectivity index (χ4v) is 2.90. The van der Waals surface area contributed by atoms with E-state index in [2.05, 4.69) is 5.32 Å². The van der Waals surface area contributed by atoms with Gasteiger partial charge in [0.1, 0.15) is 5.75 Å². The highest BCUT2D eigenvalue weighted by Crippen LogP contribution is 2.36. The predicted octanol–water partition coefficient (Wildman–Crippen LogP) is 3.16. The lowest BCUT2D eigenvalue weighted by atomic mass is 9.95. The van der Waals surface area contributed by atoms with Crippen molar-refractivity contribution in [1.29, 1.82) is 0 Å². The molecule has 0 radical (unpaired) electrons. The molecule has 1 amide bonds. The van der Waals surface area contributed by atoms with Gasteiger partial charge in [0.15, 0.2) is 5.76 Å². The van der Waals surface area contributed by atoms with E-state index in [4.69, 9.17) is 14.3 Å². The number of ether oxygens (including phenoxy) is 1. The summed E-state index contributed by atoms with van der Waals surface area (Å²) in [7, 11) is 0. The highest BCUT2D eigenvalue weighted by Gasteiger charge is 2.27. The zero-order valence-corrected chi connectivity index (χ0v) is 13.8. The van der Waals surface area contributed by atoms with Gasteiger partial charge in [0.25, 0.3) is 5.91 Å². The first-order chi connectivity index (χ1) is 11.4. The number of furan rings is 1. The number of carboxylic acids is 1. The first kappa shape index (κ1) is 16.1. The van der Waals surface area contributed by atoms with Crippen molar-refractivity contribution in [3.05, 3.63) is 52.0 Å². The molecule has 0 fully saturated rings. The fourth-order valence-electron chi connectivity index (χ4n) is 2.90. The van der Waals surface area contributed by atoms with Crippen LogP contribution in [0.4, 0.5) is 0 Å². The third-order valence-electron chi connectivity index (χ3n) is 4.38. The normalized spacial score (nSPS) is 16.2. The van der Waals surface area contributed by atoms with Gasteiger partial charge in [0.05, 0.1) is 12.6 Å². The maximum atomic E-state index is 12.4. The van der Waals surface area contributed by atoms with Gasteiger partial charge in [-0.3, -0.25) is 4.79 Å². The van der Waals surface area contributed by atoms with E-state index in [1.807, 2.05) is 26.0 Å². The number of carbonyl (C=O) groups excluding carboxylic acids is 1. The third kappa shape index (κ3) is 2.75. The molecule has 0 unspecified atom stereocenters. The van der Waals surface area contributed by atoms with E-state index in [0.717, 1.165) is 22.4 Å². The summed E-state index contributed by atoms with van der Waals surface area (Å²) in [6.07, 6.45) is 0.646. The monoisotopic (exact) mass is 329 g/mol. The average molecular weight is 329 g/mol. The first-order valence-electron chi connectivity index (χ1n) is 7.76. The molecule has 0 saturated heterocycles. The summed E-state index contributed by atoms with van der Waals surface area (Å²) in [6.45, 7) is 6.12. The van der Waals surface area contributed by atoms with E-state index in [-0.39, 0.29) is 17.6 Å². The first-order valence-corrected chi connectivity index (χ1v) is 7.76. The number of rotatable bonds is 3. The molecule has 3 rings (SSSR count). The predicted molar refractivity (Wildman–Crippen MR) is 86.6 cm³/mol. The van der Waals surface area contributed by atoms with Gasteiger partial charge in [-0.1, -0.05) is 12.1 Å². The van der Waals surface area contributed by atoms with Crippen LogP contribution < -0.4 is 10.1 Å². The summed E-state index contributed by atoms with van der Waals surface area (Å²) < 4.78 is 10.9. The number of carboxylic acid groups (broad SMARTS) is 1. The summed E-state index contributed by atoms with van der Waals surface area (Å²) in [5.74, 6) is -1.01. The maximum absolute atomic E-state index is 12.4. The van der Waals surface area contributed by atoms with Crippen LogP contribution in [0.3, 0.4) is 0 Å². The van der Waals surface area contributed by atoms with Crippen LogP contribution in [-0.4, -0.2) is 23.6 Å². The van der Waals surface area contributed by atoms with Crippen molar-refractivity contribution in [3.63, 3.8) is 0 Å². The third-order valence-corrected chi connectivity index (χ3v) is 4.38. The smallest absolute Gasteiger partial charge is 0.372 e. The van der Waals surface area contributed by atoms with Crippen molar-refractivity contribution in [1.82, 2.24) is 5.32 Å². The Labute approximate surface area is 139 Å². The molecule has 2 aromatic rings. The molecule has 126 valence electrons. The van der Waals surface area contributed by atoms with Crippen molar-refractivity contribution in [2.75, 3.05) is 6.61 Å². The molecule has 2 heterocycles. The molecule has 1 aliphatic rings. The lowest BCUT2D eigenvalue weighted by Crippen LogP contribution is -2.32. The van der Waals surface area contributed by atoms with Crippen molar-refractivity contribution < 1.29 is 23.8 Å². The summed E-state index contributed by atoms with van der Waals surface area (Å²) >= 11 is 0. The number of amides is 1. The Hall–Kier alpha value is -2.76.